The standard InChI is InChI=1S/C7H13ClN4O4S2/c1-12-7(6(8)5-10-12)18(15,16)11-3-2-4-17(9,13)14/h5,11H,2-4H2,1H3,(H2,9,13,14). The maximum Gasteiger partial charge on any atom is 0.259 e. The van der Waals surface area contributed by atoms with E-state index in [1.54, 1.807) is 0 Å². The van der Waals surface area contributed by atoms with Gasteiger partial charge in [0.2, 0.25) is 10.0 Å². The first-order chi connectivity index (χ1) is 8.13. The van der Waals surface area contributed by atoms with E-state index in [4.69, 9.17) is 16.7 Å². The first-order valence-electron chi connectivity index (χ1n) is 4.81. The second-order valence-electron chi connectivity index (χ2n) is 3.54. The quantitative estimate of drug-likeness (QED) is 0.653. The summed E-state index contributed by atoms with van der Waals surface area (Å²) in [5.41, 5.74) is 0. The third-order valence-corrected chi connectivity index (χ3v) is 4.82. The van der Waals surface area contributed by atoms with E-state index in [2.05, 4.69) is 9.82 Å². The highest BCUT2D eigenvalue weighted by atomic mass is 35.5. The van der Waals surface area contributed by atoms with Gasteiger partial charge in [-0.25, -0.2) is 26.7 Å². The zero-order valence-electron chi connectivity index (χ0n) is 9.50. The van der Waals surface area contributed by atoms with E-state index in [1.165, 1.54) is 13.2 Å². The number of primary sulfonamides is 1. The second-order valence-corrected chi connectivity index (χ2v) is 7.36. The van der Waals surface area contributed by atoms with Crippen LogP contribution in [0, 0.1) is 0 Å². The number of hydrogen-bond donors (Lipinski definition) is 2. The molecular weight excluding hydrogens is 304 g/mol. The molecule has 0 atom stereocenters. The van der Waals surface area contributed by atoms with Gasteiger partial charge in [-0.1, -0.05) is 11.6 Å². The molecule has 8 nitrogen and oxygen atoms in total. The van der Waals surface area contributed by atoms with Crippen LogP contribution >= 0.6 is 11.6 Å². The lowest BCUT2D eigenvalue weighted by molar-refractivity contribution is 0.560. The Morgan fingerprint density at radius 3 is 2.50 bits per heavy atom. The molecule has 0 aliphatic rings. The maximum atomic E-state index is 11.8. The van der Waals surface area contributed by atoms with Gasteiger partial charge in [0.15, 0.2) is 5.03 Å². The van der Waals surface area contributed by atoms with Crippen LogP contribution < -0.4 is 9.86 Å². The van der Waals surface area contributed by atoms with E-state index < -0.39 is 20.0 Å². The lowest BCUT2D eigenvalue weighted by atomic mass is 10.5. The van der Waals surface area contributed by atoms with Gasteiger partial charge < -0.3 is 0 Å². The number of sulfonamides is 2. The maximum absolute atomic E-state index is 11.8. The number of rotatable bonds is 6. The van der Waals surface area contributed by atoms with Crippen LogP contribution in [0.1, 0.15) is 6.42 Å². The van der Waals surface area contributed by atoms with Crippen molar-refractivity contribution in [3.8, 4) is 0 Å². The third kappa shape index (κ3) is 4.21. The normalized spacial score (nSPS) is 12.8. The fraction of sp³-hybridized carbons (Fsp3) is 0.571. The van der Waals surface area contributed by atoms with Crippen molar-refractivity contribution >= 4 is 31.6 Å². The molecule has 3 N–H and O–H groups in total. The zero-order valence-corrected chi connectivity index (χ0v) is 11.9. The van der Waals surface area contributed by atoms with Crippen LogP contribution in [0.5, 0.6) is 0 Å². The molecule has 0 aliphatic carbocycles. The number of aryl methyl sites for hydroxylation is 1. The smallest absolute Gasteiger partial charge is 0.255 e. The molecule has 0 radical (unpaired) electrons. The topological polar surface area (TPSA) is 124 Å². The number of hydrogen-bond acceptors (Lipinski definition) is 5. The fourth-order valence-corrected chi connectivity index (χ4v) is 3.52. The summed E-state index contributed by atoms with van der Waals surface area (Å²) in [6, 6.07) is 0. The summed E-state index contributed by atoms with van der Waals surface area (Å²) >= 11 is 5.70. The molecule has 0 unspecified atom stereocenters. The van der Waals surface area contributed by atoms with Crippen LogP contribution in [0.15, 0.2) is 11.2 Å². The SMILES string of the molecule is Cn1ncc(Cl)c1S(=O)(=O)NCCCS(N)(=O)=O. The van der Waals surface area contributed by atoms with E-state index in [9.17, 15) is 16.8 Å². The summed E-state index contributed by atoms with van der Waals surface area (Å²) in [5.74, 6) is -0.297. The van der Waals surface area contributed by atoms with Crippen LogP contribution in [0.25, 0.3) is 0 Å². The van der Waals surface area contributed by atoms with Crippen molar-refractivity contribution in [3.63, 3.8) is 0 Å². The Morgan fingerprint density at radius 2 is 2.06 bits per heavy atom. The largest absolute Gasteiger partial charge is 0.259 e. The summed E-state index contributed by atoms with van der Waals surface area (Å²) in [6.45, 7) is -0.0553. The molecule has 11 heteroatoms. The summed E-state index contributed by atoms with van der Waals surface area (Å²) in [6.07, 6.45) is 1.29. The van der Waals surface area contributed by atoms with Gasteiger partial charge in [-0.15, -0.1) is 0 Å². The molecule has 0 fully saturated rings. The predicted octanol–water partition coefficient (Wildman–Crippen LogP) is -0.970. The summed E-state index contributed by atoms with van der Waals surface area (Å²) < 4.78 is 48.3. The average molecular weight is 317 g/mol. The highest BCUT2D eigenvalue weighted by molar-refractivity contribution is 7.89. The molecule has 1 heterocycles. The van der Waals surface area contributed by atoms with Crippen molar-refractivity contribution in [3.05, 3.63) is 11.2 Å². The van der Waals surface area contributed by atoms with Gasteiger partial charge >= 0.3 is 0 Å². The number of halogens is 1. The Labute approximate surface area is 110 Å². The van der Waals surface area contributed by atoms with E-state index in [-0.39, 0.29) is 28.8 Å². The summed E-state index contributed by atoms with van der Waals surface area (Å²) in [4.78, 5) is 0. The molecule has 0 amide bonds. The molecule has 104 valence electrons. The average Bonchev–Trinajstić information content (AvgIpc) is 2.52. The van der Waals surface area contributed by atoms with Crippen LogP contribution in [0.4, 0.5) is 0 Å². The van der Waals surface area contributed by atoms with Crippen molar-refractivity contribution in [1.82, 2.24) is 14.5 Å². The second kappa shape index (κ2) is 5.53. The number of nitrogens with two attached hydrogens (primary N) is 1. The summed E-state index contributed by atoms with van der Waals surface area (Å²) in [5, 5.41) is 8.32. The molecule has 0 saturated heterocycles. The third-order valence-electron chi connectivity index (χ3n) is 1.99. The first kappa shape index (κ1) is 15.4. The number of nitrogens with zero attached hydrogens (tertiary/aromatic N) is 2. The minimum absolute atomic E-state index is 0.00329. The van der Waals surface area contributed by atoms with Crippen molar-refractivity contribution in [2.75, 3.05) is 12.3 Å². The molecule has 1 aromatic rings. The van der Waals surface area contributed by atoms with Gasteiger partial charge in [0.05, 0.1) is 17.0 Å². The van der Waals surface area contributed by atoms with Gasteiger partial charge in [0, 0.05) is 13.6 Å². The number of aromatic nitrogens is 2. The molecule has 18 heavy (non-hydrogen) atoms. The first-order valence-corrected chi connectivity index (χ1v) is 8.39. The Hall–Kier alpha value is -0.680. The molecule has 1 aromatic heterocycles. The predicted molar refractivity (Wildman–Crippen MR) is 66.0 cm³/mol. The van der Waals surface area contributed by atoms with Crippen molar-refractivity contribution < 1.29 is 16.8 Å². The van der Waals surface area contributed by atoms with Crippen molar-refractivity contribution in [2.45, 2.75) is 11.4 Å². The fourth-order valence-electron chi connectivity index (χ4n) is 1.25. The monoisotopic (exact) mass is 316 g/mol. The molecular formula is C7H13ClN4O4S2. The molecule has 0 aromatic carbocycles. The molecule has 0 spiro atoms. The minimum atomic E-state index is -3.81. The van der Waals surface area contributed by atoms with Crippen LogP contribution in [-0.4, -0.2) is 38.9 Å². The van der Waals surface area contributed by atoms with Gasteiger partial charge in [0.25, 0.3) is 10.0 Å². The van der Waals surface area contributed by atoms with Crippen LogP contribution in [0.3, 0.4) is 0 Å². The van der Waals surface area contributed by atoms with Crippen molar-refractivity contribution in [2.24, 2.45) is 12.2 Å². The Balaban J connectivity index is 2.67. The van der Waals surface area contributed by atoms with E-state index in [0.29, 0.717) is 0 Å². The zero-order chi connectivity index (χ0) is 14.0. The van der Waals surface area contributed by atoms with Crippen molar-refractivity contribution in [1.29, 1.82) is 0 Å². The van der Waals surface area contributed by atoms with E-state index in [1.807, 2.05) is 0 Å². The van der Waals surface area contributed by atoms with Crippen LogP contribution in [-0.2, 0) is 27.1 Å². The van der Waals surface area contributed by atoms with E-state index in [0.717, 1.165) is 4.68 Å². The summed E-state index contributed by atoms with van der Waals surface area (Å²) in [7, 11) is -5.97. The highest BCUT2D eigenvalue weighted by Gasteiger charge is 2.22. The highest BCUT2D eigenvalue weighted by Crippen LogP contribution is 2.19. The van der Waals surface area contributed by atoms with Gasteiger partial charge in [0.1, 0.15) is 0 Å². The lowest BCUT2D eigenvalue weighted by Crippen LogP contribution is -2.29. The minimum Gasteiger partial charge on any atom is -0.255 e. The molecule has 0 saturated carbocycles. The number of nitrogens with one attached hydrogen (secondary N) is 1. The van der Waals surface area contributed by atoms with Gasteiger partial charge in [-0.2, -0.15) is 5.10 Å². The van der Waals surface area contributed by atoms with Crippen LogP contribution in [0.2, 0.25) is 5.02 Å². The molecule has 0 aliphatic heterocycles. The molecule has 1 rings (SSSR count). The van der Waals surface area contributed by atoms with Gasteiger partial charge in [-0.05, 0) is 6.42 Å². The lowest BCUT2D eigenvalue weighted by Gasteiger charge is -2.06. The van der Waals surface area contributed by atoms with Gasteiger partial charge in [-0.3, -0.25) is 4.68 Å². The Bertz CT molecular complexity index is 602. The molecule has 0 bridgehead atoms. The van der Waals surface area contributed by atoms with E-state index >= 15 is 0 Å². The Morgan fingerprint density at radius 1 is 1.44 bits per heavy atom. The Kier molecular flexibility index (Phi) is 4.72.